The van der Waals surface area contributed by atoms with Crippen molar-refractivity contribution in [2.24, 2.45) is 0 Å². The second-order valence-corrected chi connectivity index (χ2v) is 3.17. The monoisotopic (exact) mass is 211 g/mol. The molecule has 0 heterocycles. The summed E-state index contributed by atoms with van der Waals surface area (Å²) in [7, 11) is 0. The Bertz CT molecular complexity index is 673. The van der Waals surface area contributed by atoms with E-state index in [-0.39, 0.29) is 35.8 Å². The number of allylic oxidation sites excluding steroid dienone is 2. The van der Waals surface area contributed by atoms with Crippen LogP contribution in [0, 0.1) is 0 Å². The summed E-state index contributed by atoms with van der Waals surface area (Å²) in [4.78, 5) is 0. The third kappa shape index (κ3) is 3.25. The maximum absolute atomic E-state index is 7.79. The summed E-state index contributed by atoms with van der Waals surface area (Å²) in [6.45, 7) is 0. The lowest BCUT2D eigenvalue weighted by molar-refractivity contribution is 1.65. The van der Waals surface area contributed by atoms with Crippen LogP contribution in [0.1, 0.15) is 18.0 Å². The fraction of sp³-hybridized carbons (Fsp3) is 0. The molecule has 0 amide bonds. The third-order valence-corrected chi connectivity index (χ3v) is 1.98. The zero-order chi connectivity index (χ0) is 15.4. The highest BCUT2D eigenvalue weighted by molar-refractivity contribution is 5.56. The van der Waals surface area contributed by atoms with E-state index in [0.717, 1.165) is 5.56 Å². The molecule has 0 N–H and O–H groups in total. The molecule has 0 saturated carbocycles. The van der Waals surface area contributed by atoms with Gasteiger partial charge in [0, 0.05) is 0 Å². The van der Waals surface area contributed by atoms with Gasteiger partial charge in [0.25, 0.3) is 0 Å². The van der Waals surface area contributed by atoms with Gasteiger partial charge in [-0.2, -0.15) is 0 Å². The molecule has 0 atom stereocenters. The predicted molar refractivity (Wildman–Crippen MR) is 71.0 cm³/mol. The summed E-state index contributed by atoms with van der Waals surface area (Å²) in [6.07, 6.45) is 6.85. The van der Waals surface area contributed by atoms with E-state index < -0.39 is 0 Å². The molecule has 0 spiro atoms. The lowest BCUT2D eigenvalue weighted by Crippen LogP contribution is -1.68. The normalized spacial score (nSPS) is 15.6. The van der Waals surface area contributed by atoms with Crippen molar-refractivity contribution in [3.63, 3.8) is 0 Å². The Kier molecular flexibility index (Phi) is 2.09. The molecule has 0 heteroatoms. The van der Waals surface area contributed by atoms with E-state index in [0.29, 0.717) is 0 Å². The first-order valence-electron chi connectivity index (χ1n) is 7.49. The average molecular weight is 211 g/mol. The maximum Gasteiger partial charge on any atom is 0.0629 e. The molecule has 0 saturated heterocycles. The average Bonchev–Trinajstić information content (AvgIpc) is 2.51. The fourth-order valence-electron chi connectivity index (χ4n) is 1.23. The van der Waals surface area contributed by atoms with Crippen LogP contribution in [-0.2, 0) is 0 Å². The molecule has 16 heavy (non-hydrogen) atoms. The van der Waals surface area contributed by atoms with Gasteiger partial charge in [-0.25, -0.2) is 0 Å². The molecular formula is C16H14. The lowest BCUT2D eigenvalue weighted by Gasteiger charge is -1.90. The van der Waals surface area contributed by atoms with Gasteiger partial charge >= 0.3 is 0 Å². The number of benzene rings is 2. The summed E-state index contributed by atoms with van der Waals surface area (Å²) in [6, 6.07) is 8.31. The smallest absolute Gasteiger partial charge is 0.0622 e. The molecule has 2 aromatic carbocycles. The maximum atomic E-state index is 7.79. The topological polar surface area (TPSA) is 0 Å². The van der Waals surface area contributed by atoms with Crippen molar-refractivity contribution in [2.45, 2.75) is 0 Å². The van der Waals surface area contributed by atoms with Gasteiger partial charge in [-0.1, -0.05) is 84.8 Å². The van der Waals surface area contributed by atoms with E-state index in [4.69, 9.17) is 6.85 Å². The van der Waals surface area contributed by atoms with Crippen molar-refractivity contribution in [1.29, 1.82) is 0 Å². The van der Waals surface area contributed by atoms with E-state index in [1.54, 1.807) is 12.2 Å². The van der Waals surface area contributed by atoms with Crippen LogP contribution in [0.2, 0.25) is 0 Å². The van der Waals surface area contributed by atoms with Crippen LogP contribution in [0.4, 0.5) is 0 Å². The second kappa shape index (κ2) is 5.72. The van der Waals surface area contributed by atoms with Crippen LogP contribution in [-0.4, -0.2) is 0 Å². The molecule has 2 aromatic rings. The molecule has 2 rings (SSSR count). The first kappa shape index (κ1) is 5.86. The zero-order valence-electron chi connectivity index (χ0n) is 13.7. The molecule has 0 aliphatic rings. The fourth-order valence-corrected chi connectivity index (χ4v) is 1.23. The van der Waals surface area contributed by atoms with Gasteiger partial charge < -0.3 is 0 Å². The van der Waals surface area contributed by atoms with Crippen molar-refractivity contribution in [1.82, 2.24) is 0 Å². The molecule has 0 radical (unpaired) electrons. The van der Waals surface area contributed by atoms with Crippen LogP contribution >= 0.6 is 0 Å². The van der Waals surface area contributed by atoms with Crippen LogP contribution in [0.3, 0.4) is 0 Å². The van der Waals surface area contributed by atoms with E-state index in [1.165, 1.54) is 6.08 Å². The highest BCUT2D eigenvalue weighted by atomic mass is 13.9. The lowest BCUT2D eigenvalue weighted by atomic mass is 10.2. The minimum absolute atomic E-state index is 0.189. The molecule has 0 aliphatic carbocycles. The van der Waals surface area contributed by atoms with Gasteiger partial charge in [-0.15, -0.1) is 0 Å². The molecule has 0 bridgehead atoms. The Morgan fingerprint density at radius 3 is 2.06 bits per heavy atom. The Balaban J connectivity index is 2.28. The van der Waals surface area contributed by atoms with Gasteiger partial charge in [-0.3, -0.25) is 0 Å². The Morgan fingerprint density at radius 2 is 1.38 bits per heavy atom. The molecule has 0 aliphatic heterocycles. The molecular weight excluding hydrogens is 192 g/mol. The molecule has 0 unspecified atom stereocenters. The van der Waals surface area contributed by atoms with Crippen molar-refractivity contribution < 1.29 is 6.85 Å². The standard InChI is InChI=1S/C16H14/c1-3-9-15(10-4-1)13-7-8-14-16-11-5-2-6-12-16/h1-14H/i1D,3D,4D,9D,10D. The minimum Gasteiger partial charge on any atom is -0.0622 e. The van der Waals surface area contributed by atoms with Gasteiger partial charge in [-0.05, 0) is 11.1 Å². The molecule has 0 nitrogen and oxygen atoms in total. The minimum atomic E-state index is -0.373. The van der Waals surface area contributed by atoms with E-state index in [1.807, 2.05) is 36.4 Å². The highest BCUT2D eigenvalue weighted by Crippen LogP contribution is 2.03. The van der Waals surface area contributed by atoms with E-state index >= 15 is 0 Å². The predicted octanol–water partition coefficient (Wildman–Crippen LogP) is 4.41. The summed E-state index contributed by atoms with van der Waals surface area (Å²) in [5, 5.41) is 0. The van der Waals surface area contributed by atoms with E-state index in [9.17, 15) is 0 Å². The summed E-state index contributed by atoms with van der Waals surface area (Å²) < 4.78 is 38.3. The number of hydrogen-bond donors (Lipinski definition) is 0. The highest BCUT2D eigenvalue weighted by Gasteiger charge is 1.81. The van der Waals surface area contributed by atoms with Crippen molar-refractivity contribution in [3.05, 3.63) is 83.8 Å². The van der Waals surface area contributed by atoms with Gasteiger partial charge in [0.15, 0.2) is 0 Å². The van der Waals surface area contributed by atoms with Crippen LogP contribution in [0.5, 0.6) is 0 Å². The SMILES string of the molecule is [2H]c1c([2H])c([2H])c(C=CC=Cc2ccccc2)c([2H])c1[2H]. The Labute approximate surface area is 104 Å². The van der Waals surface area contributed by atoms with Crippen molar-refractivity contribution in [2.75, 3.05) is 0 Å². The largest absolute Gasteiger partial charge is 0.0629 e. The third-order valence-electron chi connectivity index (χ3n) is 1.98. The van der Waals surface area contributed by atoms with Crippen LogP contribution in [0.15, 0.2) is 72.7 Å². The van der Waals surface area contributed by atoms with Crippen LogP contribution in [0.25, 0.3) is 12.2 Å². The number of rotatable bonds is 3. The van der Waals surface area contributed by atoms with Gasteiger partial charge in [0.1, 0.15) is 0 Å². The quantitative estimate of drug-likeness (QED) is 0.659. The van der Waals surface area contributed by atoms with Gasteiger partial charge in [0.2, 0.25) is 0 Å². The van der Waals surface area contributed by atoms with Crippen molar-refractivity contribution >= 4 is 12.2 Å². The molecule has 0 fully saturated rings. The first-order valence-corrected chi connectivity index (χ1v) is 4.99. The Morgan fingerprint density at radius 1 is 0.750 bits per heavy atom. The molecule has 78 valence electrons. The number of hydrogen-bond acceptors (Lipinski definition) is 0. The second-order valence-electron chi connectivity index (χ2n) is 3.17. The summed E-state index contributed by atoms with van der Waals surface area (Å²) in [5.41, 5.74) is 1.22. The van der Waals surface area contributed by atoms with E-state index in [2.05, 4.69) is 0 Å². The van der Waals surface area contributed by atoms with Gasteiger partial charge in [0.05, 0.1) is 6.85 Å². The Hall–Kier alpha value is -2.08. The first-order chi connectivity index (χ1) is 10.0. The van der Waals surface area contributed by atoms with Crippen LogP contribution < -0.4 is 0 Å². The molecule has 0 aromatic heterocycles. The zero-order valence-corrected chi connectivity index (χ0v) is 8.70. The summed E-state index contributed by atoms with van der Waals surface area (Å²) in [5.74, 6) is 0. The summed E-state index contributed by atoms with van der Waals surface area (Å²) >= 11 is 0. The van der Waals surface area contributed by atoms with Crippen molar-refractivity contribution in [3.8, 4) is 0 Å².